The minimum Gasteiger partial charge on any atom is -0.369 e. The van der Waals surface area contributed by atoms with Crippen molar-refractivity contribution >= 4 is 23.6 Å². The minimum absolute atomic E-state index is 0.0163. The number of nitrogens with zero attached hydrogens (tertiary/aromatic N) is 2. The molecule has 2 rings (SSSR count). The van der Waals surface area contributed by atoms with Gasteiger partial charge in [-0.15, -0.1) is 11.8 Å². The first-order valence-corrected chi connectivity index (χ1v) is 9.97. The van der Waals surface area contributed by atoms with Gasteiger partial charge in [-0.05, 0) is 45.4 Å². The van der Waals surface area contributed by atoms with Gasteiger partial charge >= 0.3 is 0 Å². The summed E-state index contributed by atoms with van der Waals surface area (Å²) in [6.07, 6.45) is 1.84. The number of aryl methyl sites for hydroxylation is 1. The maximum atomic E-state index is 12.8. The first kappa shape index (κ1) is 19.8. The maximum Gasteiger partial charge on any atom is 0.231 e. The lowest BCUT2D eigenvalue weighted by Crippen LogP contribution is -2.47. The van der Waals surface area contributed by atoms with E-state index in [0.717, 1.165) is 38.2 Å². The predicted octanol–water partition coefficient (Wildman–Crippen LogP) is 2.13. The summed E-state index contributed by atoms with van der Waals surface area (Å²) in [5.41, 5.74) is 6.54. The molecule has 1 saturated heterocycles. The zero-order chi connectivity index (χ0) is 18.2. The molecule has 1 aliphatic heterocycles. The highest BCUT2D eigenvalue weighted by atomic mass is 32.2. The summed E-state index contributed by atoms with van der Waals surface area (Å²) >= 11 is 1.78. The first-order valence-electron chi connectivity index (χ1n) is 8.98. The average molecular weight is 364 g/mol. The van der Waals surface area contributed by atoms with E-state index in [-0.39, 0.29) is 24.3 Å². The lowest BCUT2D eigenvalue weighted by Gasteiger charge is -2.34. The van der Waals surface area contributed by atoms with Crippen LogP contribution in [0.15, 0.2) is 29.2 Å². The Bertz CT molecular complexity index is 577. The Morgan fingerprint density at radius 3 is 2.68 bits per heavy atom. The quantitative estimate of drug-likeness (QED) is 0.719. The van der Waals surface area contributed by atoms with E-state index in [1.807, 2.05) is 16.7 Å². The van der Waals surface area contributed by atoms with Gasteiger partial charge in [0.25, 0.3) is 0 Å². The van der Waals surface area contributed by atoms with Crippen LogP contribution in [-0.4, -0.2) is 60.1 Å². The number of amides is 2. The molecule has 2 amide bonds. The molecular weight excluding hydrogens is 334 g/mol. The summed E-state index contributed by atoms with van der Waals surface area (Å²) < 4.78 is 0. The summed E-state index contributed by atoms with van der Waals surface area (Å²) in [6.45, 7) is 7.32. The molecule has 1 fully saturated rings. The van der Waals surface area contributed by atoms with E-state index >= 15 is 0 Å². The number of primary amides is 1. The van der Waals surface area contributed by atoms with Crippen molar-refractivity contribution in [3.05, 3.63) is 29.8 Å². The van der Waals surface area contributed by atoms with Gasteiger partial charge in [-0.2, -0.15) is 0 Å². The summed E-state index contributed by atoms with van der Waals surface area (Å²) in [6, 6.07) is 8.47. The third kappa shape index (κ3) is 6.36. The topological polar surface area (TPSA) is 66.6 Å². The lowest BCUT2D eigenvalue weighted by molar-refractivity contribution is -0.137. The number of benzene rings is 1. The summed E-state index contributed by atoms with van der Waals surface area (Å²) in [7, 11) is 0. The van der Waals surface area contributed by atoms with Crippen molar-refractivity contribution in [3.63, 3.8) is 0 Å². The van der Waals surface area contributed by atoms with Crippen LogP contribution in [0.5, 0.6) is 0 Å². The molecule has 2 N–H and O–H groups in total. The van der Waals surface area contributed by atoms with Crippen molar-refractivity contribution in [1.82, 2.24) is 9.80 Å². The summed E-state index contributed by atoms with van der Waals surface area (Å²) in [5, 5.41) is 0. The molecule has 0 unspecified atom stereocenters. The molecule has 138 valence electrons. The Kier molecular flexibility index (Phi) is 7.78. The fourth-order valence-electron chi connectivity index (χ4n) is 3.21. The second-order valence-electron chi connectivity index (χ2n) is 6.62. The number of hydrogen-bond acceptors (Lipinski definition) is 4. The fourth-order valence-corrected chi connectivity index (χ4v) is 4.09. The molecule has 1 aromatic carbocycles. The zero-order valence-electron chi connectivity index (χ0n) is 15.2. The Morgan fingerprint density at radius 2 is 2.04 bits per heavy atom. The van der Waals surface area contributed by atoms with Gasteiger partial charge in [0.1, 0.15) is 0 Å². The molecule has 0 bridgehead atoms. The fraction of sp³-hybridized carbons (Fsp3) is 0.579. The van der Waals surface area contributed by atoms with E-state index in [4.69, 9.17) is 5.73 Å². The minimum atomic E-state index is -0.324. The van der Waals surface area contributed by atoms with Crippen molar-refractivity contribution < 1.29 is 9.59 Å². The number of piperidine rings is 1. The van der Waals surface area contributed by atoms with Crippen LogP contribution in [0, 0.1) is 12.8 Å². The molecule has 0 aromatic heterocycles. The number of carbonyl (C=O) groups is 2. The molecule has 0 radical (unpaired) electrons. The van der Waals surface area contributed by atoms with Crippen LogP contribution in [0.3, 0.4) is 0 Å². The molecule has 0 spiro atoms. The smallest absolute Gasteiger partial charge is 0.231 e. The highest BCUT2D eigenvalue weighted by Crippen LogP contribution is 2.21. The van der Waals surface area contributed by atoms with Crippen LogP contribution in [0.4, 0.5) is 0 Å². The van der Waals surface area contributed by atoms with E-state index in [0.29, 0.717) is 6.54 Å². The van der Waals surface area contributed by atoms with Crippen LogP contribution in [-0.2, 0) is 9.59 Å². The van der Waals surface area contributed by atoms with Gasteiger partial charge in [0.15, 0.2) is 0 Å². The maximum absolute atomic E-state index is 12.8. The Morgan fingerprint density at radius 1 is 1.32 bits per heavy atom. The lowest BCUT2D eigenvalue weighted by atomic mass is 9.96. The number of nitrogens with two attached hydrogens (primary N) is 1. The second-order valence-corrected chi connectivity index (χ2v) is 7.79. The van der Waals surface area contributed by atoms with Crippen LogP contribution in [0.25, 0.3) is 0 Å². The third-order valence-corrected chi connectivity index (χ3v) is 5.57. The third-order valence-electron chi connectivity index (χ3n) is 4.58. The molecule has 0 saturated carbocycles. The second kappa shape index (κ2) is 9.82. The van der Waals surface area contributed by atoms with E-state index in [9.17, 15) is 9.59 Å². The van der Waals surface area contributed by atoms with Gasteiger partial charge in [-0.25, -0.2) is 0 Å². The van der Waals surface area contributed by atoms with Crippen LogP contribution in [0.2, 0.25) is 0 Å². The van der Waals surface area contributed by atoms with Crippen molar-refractivity contribution in [2.75, 3.05) is 38.5 Å². The molecule has 1 aliphatic rings. The van der Waals surface area contributed by atoms with E-state index < -0.39 is 0 Å². The molecule has 0 aliphatic carbocycles. The van der Waals surface area contributed by atoms with Crippen molar-refractivity contribution in [2.24, 2.45) is 11.7 Å². The molecule has 1 atom stereocenters. The number of hydrogen-bond donors (Lipinski definition) is 1. The standard InChI is InChI=1S/C19H29N3O2S/c1-3-22(11-12-25-17-8-6-15(2)7-9-17)19(24)16-5-4-10-21(13-16)14-18(20)23/h6-9,16H,3-5,10-14H2,1-2H3,(H2,20,23)/t16-/m1/s1. The van der Waals surface area contributed by atoms with Gasteiger partial charge in [0.05, 0.1) is 12.5 Å². The monoisotopic (exact) mass is 363 g/mol. The number of thioether (sulfide) groups is 1. The van der Waals surface area contributed by atoms with Gasteiger partial charge < -0.3 is 10.6 Å². The van der Waals surface area contributed by atoms with Crippen LogP contribution in [0.1, 0.15) is 25.3 Å². The predicted molar refractivity (Wildman–Crippen MR) is 103 cm³/mol. The Hall–Kier alpha value is -1.53. The SMILES string of the molecule is CCN(CCSc1ccc(C)cc1)C(=O)[C@@H]1CCCN(CC(N)=O)C1. The van der Waals surface area contributed by atoms with E-state index in [2.05, 4.69) is 31.2 Å². The van der Waals surface area contributed by atoms with Crippen LogP contribution < -0.4 is 5.73 Å². The number of likely N-dealkylation sites (tertiary alicyclic amines) is 1. The molecular formula is C19H29N3O2S. The van der Waals surface area contributed by atoms with Gasteiger partial charge in [0, 0.05) is 30.3 Å². The first-order chi connectivity index (χ1) is 12.0. The van der Waals surface area contributed by atoms with Gasteiger partial charge in [-0.1, -0.05) is 17.7 Å². The van der Waals surface area contributed by atoms with Crippen molar-refractivity contribution in [3.8, 4) is 0 Å². The van der Waals surface area contributed by atoms with E-state index in [1.54, 1.807) is 11.8 Å². The van der Waals surface area contributed by atoms with Crippen LogP contribution >= 0.6 is 11.8 Å². The number of rotatable bonds is 8. The average Bonchev–Trinajstić information content (AvgIpc) is 2.59. The highest BCUT2D eigenvalue weighted by molar-refractivity contribution is 7.99. The normalized spacial score (nSPS) is 18.1. The molecule has 1 heterocycles. The number of carbonyl (C=O) groups excluding carboxylic acids is 2. The Labute approximate surface area is 154 Å². The zero-order valence-corrected chi connectivity index (χ0v) is 16.1. The summed E-state index contributed by atoms with van der Waals surface area (Å²) in [5.74, 6) is 0.758. The molecule has 6 heteroatoms. The summed E-state index contributed by atoms with van der Waals surface area (Å²) in [4.78, 5) is 29.1. The largest absolute Gasteiger partial charge is 0.369 e. The van der Waals surface area contributed by atoms with Crippen molar-refractivity contribution in [2.45, 2.75) is 31.6 Å². The highest BCUT2D eigenvalue weighted by Gasteiger charge is 2.29. The van der Waals surface area contributed by atoms with E-state index in [1.165, 1.54) is 10.5 Å². The molecule has 25 heavy (non-hydrogen) atoms. The molecule has 5 nitrogen and oxygen atoms in total. The van der Waals surface area contributed by atoms with Crippen molar-refractivity contribution in [1.29, 1.82) is 0 Å². The molecule has 1 aromatic rings. The van der Waals surface area contributed by atoms with Gasteiger partial charge in [-0.3, -0.25) is 14.5 Å². The van der Waals surface area contributed by atoms with Gasteiger partial charge in [0.2, 0.25) is 11.8 Å². The Balaban J connectivity index is 1.83.